The summed E-state index contributed by atoms with van der Waals surface area (Å²) in [4.78, 5) is 12.6. The number of benzene rings is 1. The van der Waals surface area contributed by atoms with E-state index in [1.54, 1.807) is 0 Å². The molecular weight excluding hydrogens is 474 g/mol. The van der Waals surface area contributed by atoms with Crippen molar-refractivity contribution >= 4 is 43.1 Å². The summed E-state index contributed by atoms with van der Waals surface area (Å²) < 4.78 is 17.1. The summed E-state index contributed by atoms with van der Waals surface area (Å²) in [5.41, 5.74) is 0.607. The summed E-state index contributed by atoms with van der Waals surface area (Å²) in [6.07, 6.45) is 11.2. The standard InChI is InChI=1S/C20H23ClO5.Sn/c1-2-24-14-26-17-13-16(22)18-15(19(17)21)11-9-7-5-3-4-6-8-10-12-25-20(18)23;/h5-8,13,22H,2-4,10-12,14H2,1H3;/b7-5+,8-6+;. The van der Waals surface area contributed by atoms with Gasteiger partial charge in [0.1, 0.15) is 0 Å². The maximum atomic E-state index is 12.6. The van der Waals surface area contributed by atoms with Crippen LogP contribution in [0.15, 0.2) is 30.4 Å². The van der Waals surface area contributed by atoms with E-state index >= 15 is 0 Å². The molecule has 144 valence electrons. The van der Waals surface area contributed by atoms with Gasteiger partial charge in [0.15, 0.2) is 0 Å². The van der Waals surface area contributed by atoms with E-state index in [-0.39, 0.29) is 30.5 Å². The van der Waals surface area contributed by atoms with Crippen LogP contribution in [0.3, 0.4) is 0 Å². The van der Waals surface area contributed by atoms with Crippen molar-refractivity contribution in [3.63, 3.8) is 0 Å². The van der Waals surface area contributed by atoms with Gasteiger partial charge in [-0.25, -0.2) is 0 Å². The van der Waals surface area contributed by atoms with Gasteiger partial charge in [-0.05, 0) is 0 Å². The number of esters is 1. The average Bonchev–Trinajstić information content (AvgIpc) is 2.63. The van der Waals surface area contributed by atoms with Crippen LogP contribution in [0.4, 0.5) is 0 Å². The molecule has 27 heavy (non-hydrogen) atoms. The zero-order valence-corrected chi connectivity index (χ0v) is 18.9. The van der Waals surface area contributed by atoms with Crippen LogP contribution in [-0.4, -0.2) is 56.7 Å². The molecule has 1 heterocycles. The predicted molar refractivity (Wildman–Crippen MR) is 107 cm³/mol. The number of hydrogen-bond acceptors (Lipinski definition) is 5. The predicted octanol–water partition coefficient (Wildman–Crippen LogP) is 3.75. The van der Waals surface area contributed by atoms with Gasteiger partial charge in [-0.1, -0.05) is 0 Å². The van der Waals surface area contributed by atoms with E-state index in [0.29, 0.717) is 30.0 Å². The number of fused-ring (bicyclic) bond motifs is 1. The van der Waals surface area contributed by atoms with Gasteiger partial charge in [0.25, 0.3) is 0 Å². The fourth-order valence-electron chi connectivity index (χ4n) is 2.55. The number of phenols is 1. The van der Waals surface area contributed by atoms with Crippen LogP contribution in [0.1, 0.15) is 42.1 Å². The second-order valence-corrected chi connectivity index (χ2v) is 8.11. The molecule has 0 unspecified atom stereocenters. The molecule has 5 nitrogen and oxygen atoms in total. The molecule has 0 bridgehead atoms. The molecular formula is C20H23ClO5Sn. The van der Waals surface area contributed by atoms with Crippen LogP contribution in [0.2, 0.25) is 5.02 Å². The SMILES string of the molecule is CCOCOc1cc(O)c2c(c1Cl)C[C](=[Sn])/C=C/CC/C=C/CCOC2=O. The van der Waals surface area contributed by atoms with Crippen LogP contribution >= 0.6 is 11.6 Å². The van der Waals surface area contributed by atoms with E-state index in [0.717, 1.165) is 16.4 Å². The number of carbonyl (C=O) groups is 1. The van der Waals surface area contributed by atoms with Gasteiger partial charge in [0, 0.05) is 0 Å². The Labute approximate surface area is 177 Å². The zero-order chi connectivity index (χ0) is 19.6. The number of aromatic hydroxyl groups is 1. The molecule has 1 aliphatic rings. The molecule has 0 saturated heterocycles. The Hall–Kier alpha value is -1.31. The van der Waals surface area contributed by atoms with Crippen molar-refractivity contribution < 1.29 is 24.1 Å². The fraction of sp³-hybridized carbons (Fsp3) is 0.400. The van der Waals surface area contributed by atoms with Gasteiger partial charge in [-0.2, -0.15) is 0 Å². The van der Waals surface area contributed by atoms with Crippen molar-refractivity contribution in [2.24, 2.45) is 0 Å². The summed E-state index contributed by atoms with van der Waals surface area (Å²) >= 11 is 7.73. The van der Waals surface area contributed by atoms with Crippen LogP contribution in [0, 0.1) is 0 Å². The van der Waals surface area contributed by atoms with E-state index in [1.165, 1.54) is 28.1 Å². The second kappa shape index (κ2) is 11.5. The van der Waals surface area contributed by atoms with E-state index in [4.69, 9.17) is 25.8 Å². The third-order valence-corrected chi connectivity index (χ3v) is 5.28. The number of hydrogen-bond donors (Lipinski definition) is 1. The molecule has 7 heteroatoms. The van der Waals surface area contributed by atoms with Crippen LogP contribution in [0.25, 0.3) is 0 Å². The number of rotatable bonds is 4. The van der Waals surface area contributed by atoms with Crippen LogP contribution < -0.4 is 4.74 Å². The first-order valence-electron chi connectivity index (χ1n) is 8.85. The molecule has 1 aromatic rings. The topological polar surface area (TPSA) is 65.0 Å². The minimum absolute atomic E-state index is 0.0134. The molecule has 0 aromatic heterocycles. The number of carbonyl (C=O) groups excluding carboxylic acids is 1. The Balaban J connectivity index is 2.41. The third kappa shape index (κ3) is 6.66. The second-order valence-electron chi connectivity index (χ2n) is 5.89. The van der Waals surface area contributed by atoms with Gasteiger partial charge in [0.05, 0.1) is 0 Å². The van der Waals surface area contributed by atoms with Crippen molar-refractivity contribution in [2.45, 2.75) is 32.6 Å². The number of halogens is 1. The monoisotopic (exact) mass is 498 g/mol. The maximum absolute atomic E-state index is 12.6. The first kappa shape index (κ1) is 22.0. The zero-order valence-electron chi connectivity index (χ0n) is 15.3. The molecule has 0 aliphatic carbocycles. The Morgan fingerprint density at radius 1 is 1.26 bits per heavy atom. The molecule has 0 spiro atoms. The molecule has 1 N–H and O–H groups in total. The van der Waals surface area contributed by atoms with Crippen molar-refractivity contribution in [3.05, 3.63) is 46.5 Å². The van der Waals surface area contributed by atoms with Crippen LogP contribution in [-0.2, 0) is 15.9 Å². The third-order valence-electron chi connectivity index (χ3n) is 3.88. The summed E-state index contributed by atoms with van der Waals surface area (Å²) in [5, 5.41) is 10.8. The van der Waals surface area contributed by atoms with E-state index in [1.807, 2.05) is 19.1 Å². The van der Waals surface area contributed by atoms with Crippen molar-refractivity contribution in [1.29, 1.82) is 0 Å². The van der Waals surface area contributed by atoms with Gasteiger partial charge >= 0.3 is 178 Å². The van der Waals surface area contributed by atoms with Gasteiger partial charge in [0.2, 0.25) is 0 Å². The first-order valence-corrected chi connectivity index (χ1v) is 10.7. The normalized spacial score (nSPS) is 18.1. The molecule has 0 atom stereocenters. The molecule has 1 aromatic carbocycles. The molecule has 2 radical (unpaired) electrons. The molecule has 1 aliphatic heterocycles. The summed E-state index contributed by atoms with van der Waals surface area (Å²) in [5.74, 6) is -0.509. The van der Waals surface area contributed by atoms with Gasteiger partial charge in [-0.15, -0.1) is 0 Å². The number of cyclic esters (lactones) is 1. The van der Waals surface area contributed by atoms with Crippen molar-refractivity contribution in [1.82, 2.24) is 0 Å². The molecule has 0 saturated carbocycles. The summed E-state index contributed by atoms with van der Waals surface area (Å²) in [6.45, 7) is 2.61. The average molecular weight is 498 g/mol. The van der Waals surface area contributed by atoms with E-state index < -0.39 is 5.97 Å². The van der Waals surface area contributed by atoms with E-state index in [2.05, 4.69) is 12.2 Å². The molecule has 2 rings (SSSR count). The summed E-state index contributed by atoms with van der Waals surface area (Å²) in [6, 6.07) is 1.34. The van der Waals surface area contributed by atoms with Crippen molar-refractivity contribution in [3.8, 4) is 11.5 Å². The number of allylic oxidation sites excluding steroid dienone is 3. The Kier molecular flexibility index (Phi) is 9.37. The number of ether oxygens (including phenoxy) is 3. The Morgan fingerprint density at radius 2 is 2.00 bits per heavy atom. The Morgan fingerprint density at radius 3 is 2.78 bits per heavy atom. The van der Waals surface area contributed by atoms with Crippen molar-refractivity contribution in [2.75, 3.05) is 20.0 Å². The number of phenolic OH excluding ortho intramolecular Hbond substituents is 1. The van der Waals surface area contributed by atoms with Gasteiger partial charge in [-0.3, -0.25) is 0 Å². The summed E-state index contributed by atoms with van der Waals surface area (Å²) in [7, 11) is 0. The molecule has 0 fully saturated rings. The van der Waals surface area contributed by atoms with E-state index in [9.17, 15) is 9.90 Å². The molecule has 0 amide bonds. The quantitative estimate of drug-likeness (QED) is 0.226. The fourth-order valence-corrected chi connectivity index (χ4v) is 3.67. The first-order chi connectivity index (χ1) is 13.0. The Bertz CT molecular complexity index is 742. The van der Waals surface area contributed by atoms with Crippen LogP contribution in [0.5, 0.6) is 11.5 Å². The minimum atomic E-state index is -0.584. The van der Waals surface area contributed by atoms with Gasteiger partial charge < -0.3 is 0 Å².